The molecule has 112 valence electrons. The van der Waals surface area contributed by atoms with Gasteiger partial charge in [-0.05, 0) is 57.1 Å². The van der Waals surface area contributed by atoms with Gasteiger partial charge in [0.2, 0.25) is 0 Å². The summed E-state index contributed by atoms with van der Waals surface area (Å²) in [6, 6.07) is 5.82. The molecule has 2 rings (SSSR count). The van der Waals surface area contributed by atoms with Crippen molar-refractivity contribution in [1.29, 1.82) is 0 Å². The number of rotatable bonds is 5. The van der Waals surface area contributed by atoms with Crippen LogP contribution in [0.1, 0.15) is 24.0 Å². The second kappa shape index (κ2) is 7.16. The zero-order chi connectivity index (χ0) is 14.5. The van der Waals surface area contributed by atoms with Gasteiger partial charge in [0.1, 0.15) is 5.82 Å². The van der Waals surface area contributed by atoms with Crippen molar-refractivity contribution in [1.82, 2.24) is 9.80 Å². The van der Waals surface area contributed by atoms with E-state index in [1.54, 1.807) is 6.92 Å². The smallest absolute Gasteiger partial charge is 0.126 e. The zero-order valence-electron chi connectivity index (χ0n) is 12.5. The van der Waals surface area contributed by atoms with Crippen LogP contribution >= 0.6 is 0 Å². The Bertz CT molecular complexity index is 430. The summed E-state index contributed by atoms with van der Waals surface area (Å²) in [5.74, 6) is -0.151. The SMILES string of the molecule is Cc1cc(CN(CCO)C2CCN(C)CC2)ccc1F. The first kappa shape index (κ1) is 15.4. The number of piperidine rings is 1. The number of aryl methyl sites for hydroxylation is 1. The van der Waals surface area contributed by atoms with Crippen molar-refractivity contribution >= 4 is 0 Å². The van der Waals surface area contributed by atoms with E-state index in [0.717, 1.165) is 38.0 Å². The molecule has 20 heavy (non-hydrogen) atoms. The minimum Gasteiger partial charge on any atom is -0.395 e. The van der Waals surface area contributed by atoms with Crippen molar-refractivity contribution in [2.45, 2.75) is 32.4 Å². The summed E-state index contributed by atoms with van der Waals surface area (Å²) in [4.78, 5) is 4.68. The van der Waals surface area contributed by atoms with Crippen LogP contribution in [0.4, 0.5) is 4.39 Å². The molecule has 1 aromatic rings. The Labute approximate surface area is 121 Å². The van der Waals surface area contributed by atoms with E-state index in [9.17, 15) is 9.50 Å². The maximum Gasteiger partial charge on any atom is 0.126 e. The number of hydrogen-bond acceptors (Lipinski definition) is 3. The van der Waals surface area contributed by atoms with Gasteiger partial charge in [0, 0.05) is 19.1 Å². The highest BCUT2D eigenvalue weighted by Gasteiger charge is 2.22. The molecule has 1 fully saturated rings. The molecule has 1 heterocycles. The molecule has 1 aliphatic rings. The molecule has 4 heteroatoms. The molecule has 0 aliphatic carbocycles. The van der Waals surface area contributed by atoms with Crippen LogP contribution in [0, 0.1) is 12.7 Å². The summed E-state index contributed by atoms with van der Waals surface area (Å²) >= 11 is 0. The number of aliphatic hydroxyl groups is 1. The number of aliphatic hydroxyl groups excluding tert-OH is 1. The van der Waals surface area contributed by atoms with Crippen molar-refractivity contribution in [2.24, 2.45) is 0 Å². The second-order valence-corrected chi connectivity index (χ2v) is 5.81. The maximum atomic E-state index is 13.3. The van der Waals surface area contributed by atoms with Gasteiger partial charge in [0.05, 0.1) is 6.61 Å². The van der Waals surface area contributed by atoms with E-state index in [2.05, 4.69) is 16.8 Å². The molecule has 1 saturated heterocycles. The van der Waals surface area contributed by atoms with Crippen LogP contribution in [0.3, 0.4) is 0 Å². The summed E-state index contributed by atoms with van der Waals surface area (Å²) < 4.78 is 13.3. The van der Waals surface area contributed by atoms with Crippen LogP contribution in [0.15, 0.2) is 18.2 Å². The number of hydrogen-bond donors (Lipinski definition) is 1. The molecule has 1 aromatic carbocycles. The fraction of sp³-hybridized carbons (Fsp3) is 0.625. The summed E-state index contributed by atoms with van der Waals surface area (Å²) in [6.45, 7) is 5.66. The molecule has 0 aromatic heterocycles. The Kier molecular flexibility index (Phi) is 5.52. The van der Waals surface area contributed by atoms with E-state index < -0.39 is 0 Å². The summed E-state index contributed by atoms with van der Waals surface area (Å²) in [7, 11) is 2.15. The van der Waals surface area contributed by atoms with Crippen LogP contribution in [0.5, 0.6) is 0 Å². The lowest BCUT2D eigenvalue weighted by atomic mass is 10.0. The van der Waals surface area contributed by atoms with Gasteiger partial charge in [0.15, 0.2) is 0 Å². The van der Waals surface area contributed by atoms with Crippen molar-refractivity contribution in [3.8, 4) is 0 Å². The van der Waals surface area contributed by atoms with Crippen molar-refractivity contribution in [2.75, 3.05) is 33.3 Å². The molecule has 0 radical (unpaired) electrons. The predicted octanol–water partition coefficient (Wildman–Crippen LogP) is 2.02. The molecule has 0 unspecified atom stereocenters. The minimum absolute atomic E-state index is 0.151. The zero-order valence-corrected chi connectivity index (χ0v) is 12.5. The highest BCUT2D eigenvalue weighted by atomic mass is 19.1. The highest BCUT2D eigenvalue weighted by molar-refractivity contribution is 5.23. The molecular formula is C16H25FN2O. The number of nitrogens with zero attached hydrogens (tertiary/aromatic N) is 2. The van der Waals surface area contributed by atoms with E-state index in [4.69, 9.17) is 0 Å². The number of halogens is 1. The monoisotopic (exact) mass is 280 g/mol. The Morgan fingerprint density at radius 2 is 2.05 bits per heavy atom. The first-order valence-electron chi connectivity index (χ1n) is 7.38. The quantitative estimate of drug-likeness (QED) is 0.894. The minimum atomic E-state index is -0.151. The lowest BCUT2D eigenvalue weighted by Gasteiger charge is -2.37. The van der Waals surface area contributed by atoms with Gasteiger partial charge in [-0.15, -0.1) is 0 Å². The average molecular weight is 280 g/mol. The van der Waals surface area contributed by atoms with E-state index >= 15 is 0 Å². The molecule has 1 aliphatic heterocycles. The Hall–Kier alpha value is -0.970. The number of benzene rings is 1. The van der Waals surface area contributed by atoms with E-state index in [1.807, 2.05) is 12.1 Å². The molecule has 3 nitrogen and oxygen atoms in total. The van der Waals surface area contributed by atoms with E-state index in [0.29, 0.717) is 18.2 Å². The van der Waals surface area contributed by atoms with Gasteiger partial charge in [-0.25, -0.2) is 4.39 Å². The normalized spacial score (nSPS) is 17.9. The third-order valence-corrected chi connectivity index (χ3v) is 4.20. The predicted molar refractivity (Wildman–Crippen MR) is 79.2 cm³/mol. The summed E-state index contributed by atoms with van der Waals surface area (Å²) in [5.41, 5.74) is 1.81. The summed E-state index contributed by atoms with van der Waals surface area (Å²) in [6.07, 6.45) is 2.27. The molecule has 0 amide bonds. The molecule has 0 bridgehead atoms. The summed E-state index contributed by atoms with van der Waals surface area (Å²) in [5, 5.41) is 9.28. The maximum absolute atomic E-state index is 13.3. The van der Waals surface area contributed by atoms with Crippen LogP contribution in [0.25, 0.3) is 0 Å². The van der Waals surface area contributed by atoms with Gasteiger partial charge in [0.25, 0.3) is 0 Å². The third-order valence-electron chi connectivity index (χ3n) is 4.20. The van der Waals surface area contributed by atoms with Crippen molar-refractivity contribution in [3.05, 3.63) is 35.1 Å². The molecular weight excluding hydrogens is 255 g/mol. The van der Waals surface area contributed by atoms with Gasteiger partial charge in [-0.2, -0.15) is 0 Å². The fourth-order valence-electron chi connectivity index (χ4n) is 2.92. The fourth-order valence-corrected chi connectivity index (χ4v) is 2.92. The van der Waals surface area contributed by atoms with Gasteiger partial charge in [-0.1, -0.05) is 12.1 Å². The van der Waals surface area contributed by atoms with Crippen LogP contribution in [-0.4, -0.2) is 54.2 Å². The Balaban J connectivity index is 2.02. The first-order valence-corrected chi connectivity index (χ1v) is 7.38. The standard InChI is InChI=1S/C16H25FN2O/c1-13-11-14(3-4-16(13)17)12-19(9-10-20)15-5-7-18(2)8-6-15/h3-4,11,15,20H,5-10,12H2,1-2H3. The third kappa shape index (κ3) is 4.01. The van der Waals surface area contributed by atoms with Gasteiger partial charge < -0.3 is 10.0 Å². The second-order valence-electron chi connectivity index (χ2n) is 5.81. The lowest BCUT2D eigenvalue weighted by molar-refractivity contribution is 0.0941. The number of likely N-dealkylation sites (tertiary alicyclic amines) is 1. The highest BCUT2D eigenvalue weighted by Crippen LogP contribution is 2.19. The van der Waals surface area contributed by atoms with Crippen molar-refractivity contribution < 1.29 is 9.50 Å². The average Bonchev–Trinajstić information content (AvgIpc) is 2.43. The molecule has 0 spiro atoms. The van der Waals surface area contributed by atoms with E-state index in [-0.39, 0.29) is 12.4 Å². The van der Waals surface area contributed by atoms with Crippen LogP contribution in [-0.2, 0) is 6.54 Å². The Morgan fingerprint density at radius 1 is 1.35 bits per heavy atom. The van der Waals surface area contributed by atoms with Gasteiger partial charge >= 0.3 is 0 Å². The largest absolute Gasteiger partial charge is 0.395 e. The Morgan fingerprint density at radius 3 is 2.65 bits per heavy atom. The molecule has 1 N–H and O–H groups in total. The lowest BCUT2D eigenvalue weighted by Crippen LogP contribution is -2.44. The van der Waals surface area contributed by atoms with Crippen LogP contribution in [0.2, 0.25) is 0 Å². The first-order chi connectivity index (χ1) is 9.60. The van der Waals surface area contributed by atoms with Crippen LogP contribution < -0.4 is 0 Å². The topological polar surface area (TPSA) is 26.7 Å². The van der Waals surface area contributed by atoms with Gasteiger partial charge in [-0.3, -0.25) is 4.90 Å². The molecule has 0 atom stereocenters. The molecule has 0 saturated carbocycles. The van der Waals surface area contributed by atoms with Crippen molar-refractivity contribution in [3.63, 3.8) is 0 Å². The van der Waals surface area contributed by atoms with E-state index in [1.165, 1.54) is 6.07 Å².